The van der Waals surface area contributed by atoms with Crippen molar-refractivity contribution in [1.82, 2.24) is 14.7 Å². The number of nitrogens with zero attached hydrogens (tertiary/aromatic N) is 3. The van der Waals surface area contributed by atoms with E-state index in [1.54, 1.807) is 35.0 Å². The number of benzene rings is 1. The van der Waals surface area contributed by atoms with E-state index in [-0.39, 0.29) is 30.2 Å². The molecule has 0 aliphatic carbocycles. The molecule has 0 saturated carbocycles. The normalized spacial score (nSPS) is 12.0. The molecule has 1 aromatic heterocycles. The van der Waals surface area contributed by atoms with Crippen LogP contribution in [-0.2, 0) is 0 Å². The number of carbonyl (C=O) groups excluding carboxylic acids is 1. The van der Waals surface area contributed by atoms with Gasteiger partial charge in [-0.1, -0.05) is 13.8 Å². The van der Waals surface area contributed by atoms with Gasteiger partial charge in [-0.3, -0.25) is 4.79 Å². The summed E-state index contributed by atoms with van der Waals surface area (Å²) in [5.41, 5.74) is 7.03. The van der Waals surface area contributed by atoms with E-state index in [1.807, 2.05) is 0 Å². The Balaban J connectivity index is 0.00000312. The minimum atomic E-state index is -0.317. The van der Waals surface area contributed by atoms with Gasteiger partial charge in [0.2, 0.25) is 0 Å². The Labute approximate surface area is 161 Å². The number of aromatic nitrogens is 2. The van der Waals surface area contributed by atoms with Gasteiger partial charge >= 0.3 is 0 Å². The molecule has 1 heterocycles. The van der Waals surface area contributed by atoms with Crippen molar-refractivity contribution >= 4 is 34.2 Å². The van der Waals surface area contributed by atoms with Crippen LogP contribution in [0.15, 0.2) is 34.9 Å². The maximum absolute atomic E-state index is 13.0. The number of hydrogen-bond donors (Lipinski definition) is 1. The highest BCUT2D eigenvalue weighted by Crippen LogP contribution is 2.20. The van der Waals surface area contributed by atoms with E-state index in [4.69, 9.17) is 5.73 Å². The van der Waals surface area contributed by atoms with Crippen LogP contribution in [0.4, 0.5) is 4.39 Å². The van der Waals surface area contributed by atoms with E-state index in [0.717, 1.165) is 6.42 Å². The maximum atomic E-state index is 13.0. The van der Waals surface area contributed by atoms with Gasteiger partial charge in [0, 0.05) is 25.8 Å². The highest BCUT2D eigenvalue weighted by Gasteiger charge is 2.20. The molecule has 138 valence electrons. The summed E-state index contributed by atoms with van der Waals surface area (Å²) in [4.78, 5) is 14.2. The predicted octanol–water partition coefficient (Wildman–Crippen LogP) is 3.64. The van der Waals surface area contributed by atoms with Crippen LogP contribution in [0.2, 0.25) is 0 Å². The second kappa shape index (κ2) is 9.31. The van der Waals surface area contributed by atoms with E-state index < -0.39 is 0 Å². The Kier molecular flexibility index (Phi) is 8.05. The standard InChI is InChI=1S/C17H22BrFN4O.ClH/c1-11(2)15(20)8-9-22(3)17(24)16-14(18)10-23(21-16)13-6-4-12(19)5-7-13;/h4-7,10-11,15H,8-9,20H2,1-3H3;1H. The first-order valence-electron chi connectivity index (χ1n) is 7.81. The van der Waals surface area contributed by atoms with Gasteiger partial charge < -0.3 is 10.6 Å². The third kappa shape index (κ3) is 5.52. The molecule has 2 N–H and O–H groups in total. The third-order valence-electron chi connectivity index (χ3n) is 3.96. The van der Waals surface area contributed by atoms with Gasteiger partial charge in [0.25, 0.3) is 5.91 Å². The van der Waals surface area contributed by atoms with Crippen molar-refractivity contribution in [3.63, 3.8) is 0 Å². The minimum Gasteiger partial charge on any atom is -0.340 e. The molecule has 1 unspecified atom stereocenters. The zero-order valence-electron chi connectivity index (χ0n) is 14.4. The average Bonchev–Trinajstić information content (AvgIpc) is 2.93. The fourth-order valence-electron chi connectivity index (χ4n) is 2.18. The Hall–Kier alpha value is -1.44. The Morgan fingerprint density at radius 2 is 1.96 bits per heavy atom. The minimum absolute atomic E-state index is 0. The molecule has 2 rings (SSSR count). The van der Waals surface area contributed by atoms with Crippen molar-refractivity contribution < 1.29 is 9.18 Å². The molecule has 0 bridgehead atoms. The summed E-state index contributed by atoms with van der Waals surface area (Å²) >= 11 is 3.37. The molecular weight excluding hydrogens is 411 g/mol. The Morgan fingerprint density at radius 1 is 1.36 bits per heavy atom. The van der Waals surface area contributed by atoms with Crippen LogP contribution in [0, 0.1) is 11.7 Å². The molecule has 1 atom stereocenters. The summed E-state index contributed by atoms with van der Waals surface area (Å²) in [6.07, 6.45) is 2.42. The lowest BCUT2D eigenvalue weighted by Gasteiger charge is -2.21. The molecule has 0 aliphatic heterocycles. The number of carbonyl (C=O) groups is 1. The van der Waals surface area contributed by atoms with E-state index in [0.29, 0.717) is 28.3 Å². The second-order valence-corrected chi connectivity index (χ2v) is 7.02. The van der Waals surface area contributed by atoms with Crippen LogP contribution in [0.25, 0.3) is 5.69 Å². The summed E-state index contributed by atoms with van der Waals surface area (Å²) in [6, 6.07) is 5.97. The first-order chi connectivity index (χ1) is 11.3. The largest absolute Gasteiger partial charge is 0.340 e. The molecule has 0 aliphatic rings. The number of rotatable bonds is 6. The summed E-state index contributed by atoms with van der Waals surface area (Å²) < 4.78 is 15.2. The number of amides is 1. The van der Waals surface area contributed by atoms with Gasteiger partial charge in [0.15, 0.2) is 5.69 Å². The van der Waals surface area contributed by atoms with Crippen molar-refractivity contribution in [2.75, 3.05) is 13.6 Å². The molecular formula is C17H23BrClFN4O. The molecule has 1 amide bonds. The molecule has 2 aromatic rings. The Morgan fingerprint density at radius 3 is 2.52 bits per heavy atom. The van der Waals surface area contributed by atoms with Gasteiger partial charge in [-0.05, 0) is 52.5 Å². The van der Waals surface area contributed by atoms with E-state index in [9.17, 15) is 9.18 Å². The van der Waals surface area contributed by atoms with Gasteiger partial charge in [-0.25, -0.2) is 9.07 Å². The number of nitrogens with two attached hydrogens (primary N) is 1. The predicted molar refractivity (Wildman–Crippen MR) is 103 cm³/mol. The van der Waals surface area contributed by atoms with E-state index in [1.165, 1.54) is 12.1 Å². The highest BCUT2D eigenvalue weighted by molar-refractivity contribution is 9.10. The quantitative estimate of drug-likeness (QED) is 0.756. The SMILES string of the molecule is CC(C)C(N)CCN(C)C(=O)c1nn(-c2ccc(F)cc2)cc1Br.Cl. The van der Waals surface area contributed by atoms with Crippen LogP contribution in [0.3, 0.4) is 0 Å². The number of hydrogen-bond acceptors (Lipinski definition) is 3. The van der Waals surface area contributed by atoms with Gasteiger partial charge in [0.1, 0.15) is 5.82 Å². The van der Waals surface area contributed by atoms with E-state index >= 15 is 0 Å². The lowest BCUT2D eigenvalue weighted by Crippen LogP contribution is -2.35. The first kappa shape index (κ1) is 21.6. The molecule has 5 nitrogen and oxygen atoms in total. The molecule has 25 heavy (non-hydrogen) atoms. The molecule has 8 heteroatoms. The Bertz CT molecular complexity index is 705. The zero-order chi connectivity index (χ0) is 17.9. The molecule has 1 aromatic carbocycles. The summed E-state index contributed by atoms with van der Waals surface area (Å²) in [5, 5.41) is 4.32. The summed E-state index contributed by atoms with van der Waals surface area (Å²) in [5.74, 6) is -0.126. The first-order valence-corrected chi connectivity index (χ1v) is 8.61. The van der Waals surface area contributed by atoms with Crippen LogP contribution < -0.4 is 5.73 Å². The van der Waals surface area contributed by atoms with Crippen LogP contribution in [0.1, 0.15) is 30.8 Å². The van der Waals surface area contributed by atoms with Crippen LogP contribution in [0.5, 0.6) is 0 Å². The van der Waals surface area contributed by atoms with Crippen molar-refractivity contribution in [3.8, 4) is 5.69 Å². The smallest absolute Gasteiger partial charge is 0.275 e. The summed E-state index contributed by atoms with van der Waals surface area (Å²) in [6.45, 7) is 4.69. The lowest BCUT2D eigenvalue weighted by molar-refractivity contribution is 0.0782. The molecule has 0 radical (unpaired) electrons. The average molecular weight is 434 g/mol. The highest BCUT2D eigenvalue weighted by atomic mass is 79.9. The topological polar surface area (TPSA) is 64.2 Å². The monoisotopic (exact) mass is 432 g/mol. The van der Waals surface area contributed by atoms with Gasteiger partial charge in [-0.15, -0.1) is 12.4 Å². The zero-order valence-corrected chi connectivity index (χ0v) is 16.8. The second-order valence-electron chi connectivity index (χ2n) is 6.17. The van der Waals surface area contributed by atoms with Crippen molar-refractivity contribution in [2.45, 2.75) is 26.3 Å². The molecule has 0 fully saturated rings. The van der Waals surface area contributed by atoms with E-state index in [2.05, 4.69) is 34.9 Å². The lowest BCUT2D eigenvalue weighted by atomic mass is 10.0. The van der Waals surface area contributed by atoms with Crippen LogP contribution >= 0.6 is 28.3 Å². The van der Waals surface area contributed by atoms with Gasteiger partial charge in [-0.2, -0.15) is 5.10 Å². The fraction of sp³-hybridized carbons (Fsp3) is 0.412. The molecule has 0 spiro atoms. The fourth-order valence-corrected chi connectivity index (χ4v) is 2.63. The number of halogens is 3. The van der Waals surface area contributed by atoms with Crippen LogP contribution in [-0.4, -0.2) is 40.2 Å². The summed E-state index contributed by atoms with van der Waals surface area (Å²) in [7, 11) is 1.73. The molecule has 0 saturated heterocycles. The van der Waals surface area contributed by atoms with Crippen molar-refractivity contribution in [2.24, 2.45) is 11.7 Å². The van der Waals surface area contributed by atoms with Gasteiger partial charge in [0.05, 0.1) is 10.2 Å². The third-order valence-corrected chi connectivity index (χ3v) is 4.54. The van der Waals surface area contributed by atoms with Crippen molar-refractivity contribution in [3.05, 3.63) is 46.4 Å². The maximum Gasteiger partial charge on any atom is 0.275 e. The van der Waals surface area contributed by atoms with Crippen molar-refractivity contribution in [1.29, 1.82) is 0 Å².